The van der Waals surface area contributed by atoms with Crippen molar-refractivity contribution in [2.24, 2.45) is 0 Å². The van der Waals surface area contributed by atoms with E-state index < -0.39 is 0 Å². The van der Waals surface area contributed by atoms with Gasteiger partial charge in [-0.1, -0.05) is 141 Å². The van der Waals surface area contributed by atoms with Gasteiger partial charge in [0, 0.05) is 42.4 Å². The summed E-state index contributed by atoms with van der Waals surface area (Å²) < 4.78 is 2.92. The molecule has 5 heterocycles. The van der Waals surface area contributed by atoms with Crippen LogP contribution in [0, 0.1) is 0 Å². The van der Waals surface area contributed by atoms with E-state index in [1.807, 2.05) is 23.1 Å². The molecule has 4 aliphatic rings. The molecule has 0 aliphatic carbocycles. The summed E-state index contributed by atoms with van der Waals surface area (Å²) in [5.74, 6) is 0. The molecule has 52 heavy (non-hydrogen) atoms. The van der Waals surface area contributed by atoms with Crippen LogP contribution >= 0.6 is 23.1 Å². The fourth-order valence-electron chi connectivity index (χ4n) is 9.39. The molecule has 0 atom stereocenters. The second kappa shape index (κ2) is 11.0. The fourth-order valence-corrected chi connectivity index (χ4v) is 12.1. The van der Waals surface area contributed by atoms with Crippen molar-refractivity contribution in [3.8, 4) is 22.3 Å². The summed E-state index contributed by atoms with van der Waals surface area (Å²) in [6.45, 7) is 21.9. The molecule has 0 bridgehead atoms. The number of thiophene rings is 1. The van der Waals surface area contributed by atoms with Crippen molar-refractivity contribution in [1.82, 2.24) is 0 Å². The number of benzene rings is 5. The molecular formula is C47H47B2NS2. The molecule has 5 aromatic carbocycles. The lowest BCUT2D eigenvalue weighted by Gasteiger charge is -2.50. The van der Waals surface area contributed by atoms with Crippen LogP contribution in [0.4, 0.5) is 11.4 Å². The monoisotopic (exact) mass is 711 g/mol. The summed E-state index contributed by atoms with van der Waals surface area (Å²) >= 11 is 4.04. The summed E-state index contributed by atoms with van der Waals surface area (Å²) in [6, 6.07) is 34.3. The van der Waals surface area contributed by atoms with Crippen molar-refractivity contribution in [2.45, 2.75) is 108 Å². The van der Waals surface area contributed by atoms with Crippen molar-refractivity contribution >= 4 is 84.7 Å². The second-order valence-corrected chi connectivity index (χ2v) is 19.9. The Hall–Kier alpha value is -3.66. The predicted octanol–water partition coefficient (Wildman–Crippen LogP) is 10.2. The van der Waals surface area contributed by atoms with Crippen LogP contribution < -0.4 is 31.4 Å². The zero-order valence-corrected chi connectivity index (χ0v) is 33.8. The lowest BCUT2D eigenvalue weighted by Crippen LogP contribution is -2.68. The van der Waals surface area contributed by atoms with Gasteiger partial charge in [-0.25, -0.2) is 0 Å². The van der Waals surface area contributed by atoms with Crippen molar-refractivity contribution in [3.05, 3.63) is 102 Å². The first kappa shape index (κ1) is 32.9. The van der Waals surface area contributed by atoms with E-state index in [0.717, 1.165) is 19.3 Å². The van der Waals surface area contributed by atoms with E-state index in [9.17, 15) is 0 Å². The molecule has 6 aromatic rings. The molecule has 0 radical (unpaired) electrons. The molecule has 258 valence electrons. The van der Waals surface area contributed by atoms with Gasteiger partial charge in [0.1, 0.15) is 0 Å². The Morgan fingerprint density at radius 1 is 0.577 bits per heavy atom. The van der Waals surface area contributed by atoms with Gasteiger partial charge in [0.15, 0.2) is 0 Å². The highest BCUT2D eigenvalue weighted by Gasteiger charge is 2.52. The smallest absolute Gasteiger partial charge is 0.329 e. The van der Waals surface area contributed by atoms with E-state index in [1.165, 1.54) is 96.8 Å². The van der Waals surface area contributed by atoms with Gasteiger partial charge in [-0.05, 0) is 108 Å². The molecular weight excluding hydrogens is 664 g/mol. The largest absolute Gasteiger partial charge is 0.377 e. The van der Waals surface area contributed by atoms with Gasteiger partial charge in [-0.3, -0.25) is 0 Å². The highest BCUT2D eigenvalue weighted by Crippen LogP contribution is 2.52. The molecule has 5 heteroatoms. The minimum atomic E-state index is 0.0547. The molecule has 0 saturated heterocycles. The van der Waals surface area contributed by atoms with Gasteiger partial charge in [-0.2, -0.15) is 0 Å². The second-order valence-electron chi connectivity index (χ2n) is 17.8. The zero-order valence-electron chi connectivity index (χ0n) is 32.1. The van der Waals surface area contributed by atoms with Crippen LogP contribution in [0.25, 0.3) is 32.3 Å². The number of fused-ring (bicyclic) bond motifs is 11. The molecule has 4 aliphatic heterocycles. The molecule has 0 saturated carbocycles. The number of anilines is 2. The van der Waals surface area contributed by atoms with Crippen LogP contribution in [-0.4, -0.2) is 13.6 Å². The van der Waals surface area contributed by atoms with Crippen LogP contribution in [-0.2, 0) is 16.2 Å². The molecule has 1 aromatic heterocycles. The van der Waals surface area contributed by atoms with E-state index in [0.29, 0.717) is 0 Å². The number of hydrogen-bond donors (Lipinski definition) is 0. The molecule has 0 amide bonds. The van der Waals surface area contributed by atoms with Crippen molar-refractivity contribution < 1.29 is 0 Å². The predicted molar refractivity (Wildman–Crippen MR) is 231 cm³/mol. The molecule has 10 rings (SSSR count). The molecule has 0 N–H and O–H groups in total. The first-order valence-electron chi connectivity index (χ1n) is 19.5. The lowest BCUT2D eigenvalue weighted by atomic mass is 9.33. The van der Waals surface area contributed by atoms with E-state index in [4.69, 9.17) is 0 Å². The number of nitrogens with zero attached hydrogens (tertiary/aromatic N) is 1. The van der Waals surface area contributed by atoms with Gasteiger partial charge in [0.25, 0.3) is 6.71 Å². The lowest BCUT2D eigenvalue weighted by molar-refractivity contribution is 0.506. The third kappa shape index (κ3) is 4.27. The SMILES string of the molecule is CCC(C)(C)c1ccc2c(c1)B1c3cc(C(C)(C)CC)ccc3-c3ccc4c5c3N1c1c(cc(C(C)(C)CC)cc1-2)B5c1sc2ccccc2c1S4. The zero-order chi connectivity index (χ0) is 36.1. The minimum Gasteiger partial charge on any atom is -0.377 e. The Kier molecular flexibility index (Phi) is 6.94. The van der Waals surface area contributed by atoms with Crippen LogP contribution in [0.15, 0.2) is 94.7 Å². The topological polar surface area (TPSA) is 3.24 Å². The summed E-state index contributed by atoms with van der Waals surface area (Å²) in [5.41, 5.74) is 19.0. The average Bonchev–Trinajstić information content (AvgIpc) is 3.53. The Labute approximate surface area is 319 Å². The molecule has 1 nitrogen and oxygen atoms in total. The molecule has 0 spiro atoms. The Bertz CT molecular complexity index is 2520. The fraction of sp³-hybridized carbons (Fsp3) is 0.319. The maximum absolute atomic E-state index is 2.84. The molecule has 0 unspecified atom stereocenters. The highest BCUT2D eigenvalue weighted by atomic mass is 32.2. The van der Waals surface area contributed by atoms with E-state index in [1.54, 1.807) is 0 Å². The maximum atomic E-state index is 2.84. The number of hydrogen-bond acceptors (Lipinski definition) is 3. The summed E-state index contributed by atoms with van der Waals surface area (Å²) in [7, 11) is 0. The summed E-state index contributed by atoms with van der Waals surface area (Å²) in [5, 5.41) is 1.41. The third-order valence-electron chi connectivity index (χ3n) is 14.0. The third-order valence-corrected chi connectivity index (χ3v) is 16.6. The summed E-state index contributed by atoms with van der Waals surface area (Å²) in [6.07, 6.45) is 3.31. The van der Waals surface area contributed by atoms with Gasteiger partial charge in [0.2, 0.25) is 0 Å². The number of rotatable bonds is 6. The van der Waals surface area contributed by atoms with Gasteiger partial charge >= 0.3 is 6.85 Å². The van der Waals surface area contributed by atoms with Crippen LogP contribution in [0.5, 0.6) is 0 Å². The Morgan fingerprint density at radius 2 is 1.15 bits per heavy atom. The van der Waals surface area contributed by atoms with Gasteiger partial charge in [0.05, 0.1) is 0 Å². The van der Waals surface area contributed by atoms with Crippen molar-refractivity contribution in [2.75, 3.05) is 4.81 Å². The van der Waals surface area contributed by atoms with E-state index in [-0.39, 0.29) is 29.8 Å². The first-order valence-corrected chi connectivity index (χ1v) is 21.1. The Morgan fingerprint density at radius 3 is 1.81 bits per heavy atom. The average molecular weight is 712 g/mol. The first-order chi connectivity index (χ1) is 24.9. The van der Waals surface area contributed by atoms with Crippen LogP contribution in [0.1, 0.15) is 98.3 Å². The van der Waals surface area contributed by atoms with Crippen LogP contribution in [0.3, 0.4) is 0 Å². The van der Waals surface area contributed by atoms with Crippen molar-refractivity contribution in [1.29, 1.82) is 0 Å². The van der Waals surface area contributed by atoms with E-state index in [2.05, 4.69) is 152 Å². The van der Waals surface area contributed by atoms with Crippen LogP contribution in [0.2, 0.25) is 0 Å². The quantitative estimate of drug-likeness (QED) is 0.158. The van der Waals surface area contributed by atoms with Gasteiger partial charge < -0.3 is 4.81 Å². The van der Waals surface area contributed by atoms with Crippen molar-refractivity contribution in [3.63, 3.8) is 0 Å². The van der Waals surface area contributed by atoms with E-state index >= 15 is 0 Å². The highest BCUT2D eigenvalue weighted by molar-refractivity contribution is 8.00. The minimum absolute atomic E-state index is 0.0547. The Balaban J connectivity index is 1.38. The van der Waals surface area contributed by atoms with Gasteiger partial charge in [-0.15, -0.1) is 11.3 Å². The molecule has 0 fully saturated rings. The maximum Gasteiger partial charge on any atom is 0.329 e. The summed E-state index contributed by atoms with van der Waals surface area (Å²) in [4.78, 5) is 5.72. The normalized spacial score (nSPS) is 15.1. The standard InChI is InChI=1S/C47H47B2NS2/c1-10-45(4,5)27-17-19-30-32-21-22-39-40-42(32)50-41-34(31-20-18-28(46(6,7)11-2)25-36(31)49(50)35(30)24-27)23-29(47(8,9)12-3)26-37(41)48(40)44-43(51-39)33-15-13-14-16-38(33)52-44/h13-26H,10-12H2,1-9H3.